The van der Waals surface area contributed by atoms with Crippen molar-refractivity contribution in [3.63, 3.8) is 0 Å². The van der Waals surface area contributed by atoms with Gasteiger partial charge in [0.05, 0.1) is 32.2 Å². The van der Waals surface area contributed by atoms with Crippen LogP contribution >= 0.6 is 0 Å². The zero-order valence-electron chi connectivity index (χ0n) is 15.9. The van der Waals surface area contributed by atoms with Gasteiger partial charge in [0.15, 0.2) is 0 Å². The largest absolute Gasteiger partial charge is 0.497 e. The second-order valence-electron chi connectivity index (χ2n) is 6.93. The van der Waals surface area contributed by atoms with Crippen LogP contribution in [0.2, 0.25) is 0 Å². The number of aliphatic hydroxyl groups excluding tert-OH is 1. The van der Waals surface area contributed by atoms with Crippen LogP contribution in [0.4, 0.5) is 0 Å². The van der Waals surface area contributed by atoms with Gasteiger partial charge in [-0.25, -0.2) is 0 Å². The molecule has 2 heterocycles. The summed E-state index contributed by atoms with van der Waals surface area (Å²) in [5.74, 6) is 1.60. The van der Waals surface area contributed by atoms with Gasteiger partial charge in [0.25, 0.3) is 0 Å². The Balaban J connectivity index is 1.53. The van der Waals surface area contributed by atoms with Crippen molar-refractivity contribution in [1.29, 1.82) is 0 Å². The predicted octanol–water partition coefficient (Wildman–Crippen LogP) is 2.85. The van der Waals surface area contributed by atoms with Crippen LogP contribution in [0.3, 0.4) is 0 Å². The molecule has 0 spiro atoms. The minimum Gasteiger partial charge on any atom is -0.497 e. The highest BCUT2D eigenvalue weighted by atomic mass is 16.5. The van der Waals surface area contributed by atoms with Gasteiger partial charge in [-0.15, -0.1) is 0 Å². The van der Waals surface area contributed by atoms with Crippen molar-refractivity contribution >= 4 is 0 Å². The third kappa shape index (κ3) is 6.66. The number of furan rings is 1. The molecule has 2 atom stereocenters. The summed E-state index contributed by atoms with van der Waals surface area (Å²) in [4.78, 5) is 2.23. The summed E-state index contributed by atoms with van der Waals surface area (Å²) in [6.07, 6.45) is 3.44. The molecular formula is C21H29NO5. The number of ether oxygens (including phenoxy) is 3. The average molecular weight is 375 g/mol. The summed E-state index contributed by atoms with van der Waals surface area (Å²) in [6.45, 7) is 3.51. The molecule has 1 aromatic heterocycles. The maximum atomic E-state index is 10.4. The van der Waals surface area contributed by atoms with Crippen LogP contribution in [0, 0.1) is 0 Å². The highest BCUT2D eigenvalue weighted by Crippen LogP contribution is 2.18. The third-order valence-electron chi connectivity index (χ3n) is 4.63. The van der Waals surface area contributed by atoms with Crippen LogP contribution in [0.5, 0.6) is 5.75 Å². The van der Waals surface area contributed by atoms with E-state index in [0.29, 0.717) is 13.2 Å². The summed E-state index contributed by atoms with van der Waals surface area (Å²) in [6, 6.07) is 11.7. The SMILES string of the molecule is COc1cccc(CN(C[C@H](O)COCc2ccco2)C[C@@H]2CCCO2)c1. The Labute approximate surface area is 160 Å². The Morgan fingerprint density at radius 2 is 2.22 bits per heavy atom. The highest BCUT2D eigenvalue weighted by molar-refractivity contribution is 5.28. The van der Waals surface area contributed by atoms with Gasteiger partial charge in [0.1, 0.15) is 18.1 Å². The van der Waals surface area contributed by atoms with Gasteiger partial charge in [0.2, 0.25) is 0 Å². The van der Waals surface area contributed by atoms with E-state index in [1.807, 2.05) is 30.3 Å². The molecule has 1 aliphatic rings. The third-order valence-corrected chi connectivity index (χ3v) is 4.63. The first-order valence-corrected chi connectivity index (χ1v) is 9.48. The predicted molar refractivity (Wildman–Crippen MR) is 102 cm³/mol. The first-order valence-electron chi connectivity index (χ1n) is 9.48. The molecule has 0 unspecified atom stereocenters. The van der Waals surface area contributed by atoms with E-state index in [2.05, 4.69) is 11.0 Å². The average Bonchev–Trinajstić information content (AvgIpc) is 3.36. The lowest BCUT2D eigenvalue weighted by Crippen LogP contribution is -2.39. The molecule has 3 rings (SSSR count). The second-order valence-corrected chi connectivity index (χ2v) is 6.93. The molecule has 0 amide bonds. The number of hydrogen-bond acceptors (Lipinski definition) is 6. The van der Waals surface area contributed by atoms with Gasteiger partial charge in [-0.05, 0) is 42.7 Å². The van der Waals surface area contributed by atoms with E-state index in [1.54, 1.807) is 13.4 Å². The summed E-state index contributed by atoms with van der Waals surface area (Å²) in [5.41, 5.74) is 1.15. The lowest BCUT2D eigenvalue weighted by Gasteiger charge is -2.27. The number of hydrogen-bond donors (Lipinski definition) is 1. The summed E-state index contributed by atoms with van der Waals surface area (Å²) in [5, 5.41) is 10.4. The van der Waals surface area contributed by atoms with Crippen molar-refractivity contribution in [2.45, 2.75) is 38.2 Å². The van der Waals surface area contributed by atoms with Crippen LogP contribution < -0.4 is 4.74 Å². The Kier molecular flexibility index (Phi) is 7.71. The zero-order chi connectivity index (χ0) is 18.9. The maximum absolute atomic E-state index is 10.4. The van der Waals surface area contributed by atoms with E-state index in [1.165, 1.54) is 0 Å². The first-order chi connectivity index (χ1) is 13.2. The van der Waals surface area contributed by atoms with Crippen LogP contribution in [0.25, 0.3) is 0 Å². The van der Waals surface area contributed by atoms with Gasteiger partial charge in [0, 0.05) is 26.2 Å². The Morgan fingerprint density at radius 3 is 2.96 bits per heavy atom. The van der Waals surface area contributed by atoms with Crippen molar-refractivity contribution in [2.75, 3.05) is 33.4 Å². The number of methoxy groups -OCH3 is 1. The molecule has 6 heteroatoms. The fraction of sp³-hybridized carbons (Fsp3) is 0.524. The summed E-state index contributed by atoms with van der Waals surface area (Å²) in [7, 11) is 1.67. The van der Waals surface area contributed by atoms with Gasteiger partial charge in [-0.1, -0.05) is 12.1 Å². The van der Waals surface area contributed by atoms with Crippen molar-refractivity contribution < 1.29 is 23.7 Å². The molecule has 0 saturated carbocycles. The second kappa shape index (κ2) is 10.5. The standard InChI is InChI=1S/C21H29NO5/c1-24-19-6-2-5-17(11-19)12-22(14-20-7-3-9-26-20)13-18(23)15-25-16-21-8-4-10-27-21/h2,4-6,8,10-11,18,20,23H,3,7,9,12-16H2,1H3/t18-,20-/m0/s1. The molecule has 1 N–H and O–H groups in total. The molecule has 1 aromatic carbocycles. The van der Waals surface area contributed by atoms with Crippen LogP contribution in [0.1, 0.15) is 24.2 Å². The normalized spacial score (nSPS) is 18.1. The van der Waals surface area contributed by atoms with Crippen LogP contribution in [-0.2, 0) is 22.6 Å². The molecule has 0 aliphatic carbocycles. The molecule has 0 radical (unpaired) electrons. The van der Waals surface area contributed by atoms with E-state index in [0.717, 1.165) is 49.6 Å². The lowest BCUT2D eigenvalue weighted by molar-refractivity contribution is -0.00636. The van der Waals surface area contributed by atoms with Crippen LogP contribution in [-0.4, -0.2) is 55.6 Å². The first kappa shape index (κ1) is 19.9. The molecule has 148 valence electrons. The quantitative estimate of drug-likeness (QED) is 0.652. The Morgan fingerprint density at radius 1 is 1.30 bits per heavy atom. The van der Waals surface area contributed by atoms with Crippen molar-refractivity contribution in [3.05, 3.63) is 54.0 Å². The Hall–Kier alpha value is -1.86. The molecule has 0 bridgehead atoms. The minimum absolute atomic E-state index is 0.229. The fourth-order valence-electron chi connectivity index (χ4n) is 3.35. The smallest absolute Gasteiger partial charge is 0.129 e. The monoisotopic (exact) mass is 375 g/mol. The van der Waals surface area contributed by atoms with Gasteiger partial charge in [-0.3, -0.25) is 4.90 Å². The van der Waals surface area contributed by atoms with E-state index in [-0.39, 0.29) is 12.7 Å². The number of nitrogens with zero attached hydrogens (tertiary/aromatic N) is 1. The zero-order valence-corrected chi connectivity index (χ0v) is 15.9. The van der Waals surface area contributed by atoms with Gasteiger partial charge >= 0.3 is 0 Å². The molecule has 2 aromatic rings. The fourth-order valence-corrected chi connectivity index (χ4v) is 3.35. The number of rotatable bonds is 11. The molecule has 1 fully saturated rings. The molecule has 27 heavy (non-hydrogen) atoms. The van der Waals surface area contributed by atoms with E-state index in [4.69, 9.17) is 18.6 Å². The van der Waals surface area contributed by atoms with E-state index in [9.17, 15) is 5.11 Å². The molecule has 1 aliphatic heterocycles. The molecule has 6 nitrogen and oxygen atoms in total. The number of aliphatic hydroxyl groups is 1. The topological polar surface area (TPSA) is 64.3 Å². The van der Waals surface area contributed by atoms with Crippen molar-refractivity contribution in [2.24, 2.45) is 0 Å². The lowest BCUT2D eigenvalue weighted by atomic mass is 10.1. The van der Waals surface area contributed by atoms with Gasteiger partial charge < -0.3 is 23.7 Å². The van der Waals surface area contributed by atoms with Crippen LogP contribution in [0.15, 0.2) is 47.1 Å². The van der Waals surface area contributed by atoms with E-state index < -0.39 is 6.10 Å². The van der Waals surface area contributed by atoms with Gasteiger partial charge in [-0.2, -0.15) is 0 Å². The highest BCUT2D eigenvalue weighted by Gasteiger charge is 2.21. The summed E-state index contributed by atoms with van der Waals surface area (Å²) < 4.78 is 21.9. The van der Waals surface area contributed by atoms with Crippen molar-refractivity contribution in [3.8, 4) is 5.75 Å². The molecule has 1 saturated heterocycles. The number of benzene rings is 1. The van der Waals surface area contributed by atoms with Crippen molar-refractivity contribution in [1.82, 2.24) is 4.90 Å². The summed E-state index contributed by atoms with van der Waals surface area (Å²) >= 11 is 0. The van der Waals surface area contributed by atoms with E-state index >= 15 is 0 Å². The Bertz CT molecular complexity index is 654. The molecular weight excluding hydrogens is 346 g/mol. The minimum atomic E-state index is -0.577. The maximum Gasteiger partial charge on any atom is 0.129 e.